The van der Waals surface area contributed by atoms with Crippen molar-refractivity contribution in [2.75, 3.05) is 38.7 Å². The van der Waals surface area contributed by atoms with Crippen LogP contribution in [0.2, 0.25) is 0 Å². The van der Waals surface area contributed by atoms with Crippen molar-refractivity contribution >= 4 is 45.7 Å². The van der Waals surface area contributed by atoms with Crippen LogP contribution in [-0.4, -0.2) is 127 Å². The number of esters is 1. The third-order valence-electron chi connectivity index (χ3n) is 7.53. The van der Waals surface area contributed by atoms with Gasteiger partial charge >= 0.3 is 11.9 Å². The van der Waals surface area contributed by atoms with Crippen LogP contribution in [0.1, 0.15) is 64.9 Å². The van der Waals surface area contributed by atoms with Crippen LogP contribution >= 0.6 is 0 Å². The van der Waals surface area contributed by atoms with Crippen molar-refractivity contribution in [2.45, 2.75) is 90.4 Å². The SMILES string of the molecule is CC.CC(=O)OCc1ccc(OC2CC(O)CC(C(=O)O)O2)cc1OCCOCCNC(=O)C(CS(=O)(=O)O)NC(=O)CCCCCN1C(=O)C=CC1=O. The number of carboxylic acids is 1. The minimum Gasteiger partial charge on any atom is -0.491 e. The minimum absolute atomic E-state index is 0.00789. The molecule has 4 unspecified atom stereocenters. The number of aliphatic hydroxyl groups excluding tert-OH is 1. The Bertz CT molecular complexity index is 1570. The molecule has 1 saturated heterocycles. The molecule has 0 aliphatic carbocycles. The molecular formula is C34H49N3O16S. The second kappa shape index (κ2) is 23.2. The molecule has 5 N–H and O–H groups in total. The Morgan fingerprint density at radius 1 is 1.02 bits per heavy atom. The van der Waals surface area contributed by atoms with Crippen molar-refractivity contribution in [2.24, 2.45) is 0 Å². The van der Waals surface area contributed by atoms with Gasteiger partial charge < -0.3 is 44.5 Å². The molecule has 0 radical (unpaired) electrons. The molecule has 1 fully saturated rings. The highest BCUT2D eigenvalue weighted by Crippen LogP contribution is 2.29. The van der Waals surface area contributed by atoms with E-state index in [0.29, 0.717) is 24.8 Å². The van der Waals surface area contributed by atoms with Crippen LogP contribution in [0.4, 0.5) is 0 Å². The Labute approximate surface area is 313 Å². The van der Waals surface area contributed by atoms with Crippen LogP contribution in [0.25, 0.3) is 0 Å². The number of aliphatic hydroxyl groups is 1. The predicted molar refractivity (Wildman–Crippen MR) is 187 cm³/mol. The fraction of sp³-hybridized carbons (Fsp3) is 0.588. The molecular weight excluding hydrogens is 738 g/mol. The Kier molecular flexibility index (Phi) is 19.6. The Morgan fingerprint density at radius 3 is 2.37 bits per heavy atom. The van der Waals surface area contributed by atoms with Crippen LogP contribution in [0.3, 0.4) is 0 Å². The van der Waals surface area contributed by atoms with E-state index in [0.717, 1.165) is 4.90 Å². The molecule has 302 valence electrons. The number of hydrogen-bond acceptors (Lipinski definition) is 14. The number of benzene rings is 1. The zero-order chi connectivity index (χ0) is 40.3. The van der Waals surface area contributed by atoms with Gasteiger partial charge in [0.15, 0.2) is 6.10 Å². The molecule has 0 spiro atoms. The first-order valence-electron chi connectivity index (χ1n) is 17.4. The number of amides is 4. The molecule has 3 rings (SSSR count). The molecule has 54 heavy (non-hydrogen) atoms. The monoisotopic (exact) mass is 787 g/mol. The summed E-state index contributed by atoms with van der Waals surface area (Å²) in [5.74, 6) is -4.67. The average Bonchev–Trinajstić information content (AvgIpc) is 3.42. The highest BCUT2D eigenvalue weighted by Gasteiger charge is 2.34. The number of aliphatic carboxylic acids is 1. The van der Waals surface area contributed by atoms with Crippen molar-refractivity contribution in [3.8, 4) is 11.5 Å². The number of imide groups is 1. The molecule has 2 aliphatic rings. The predicted octanol–water partition coefficient (Wildman–Crippen LogP) is 0.475. The summed E-state index contributed by atoms with van der Waals surface area (Å²) >= 11 is 0. The third-order valence-corrected chi connectivity index (χ3v) is 8.28. The van der Waals surface area contributed by atoms with E-state index in [1.54, 1.807) is 6.07 Å². The van der Waals surface area contributed by atoms with Gasteiger partial charge in [0, 0.05) is 63.1 Å². The minimum atomic E-state index is -4.64. The zero-order valence-corrected chi connectivity index (χ0v) is 31.2. The van der Waals surface area contributed by atoms with Crippen molar-refractivity contribution in [1.29, 1.82) is 0 Å². The number of carbonyl (C=O) groups is 6. The number of carbonyl (C=O) groups excluding carboxylic acids is 5. The summed E-state index contributed by atoms with van der Waals surface area (Å²) in [7, 11) is -4.64. The number of nitrogens with one attached hydrogen (secondary N) is 2. The second-order valence-electron chi connectivity index (χ2n) is 11.8. The first-order valence-corrected chi connectivity index (χ1v) is 19.0. The van der Waals surface area contributed by atoms with Gasteiger partial charge in [-0.2, -0.15) is 8.42 Å². The topological polar surface area (TPSA) is 271 Å². The molecule has 4 amide bonds. The van der Waals surface area contributed by atoms with Gasteiger partial charge in [0.2, 0.25) is 18.1 Å². The molecule has 20 heteroatoms. The van der Waals surface area contributed by atoms with E-state index < -0.39 is 76.0 Å². The summed E-state index contributed by atoms with van der Waals surface area (Å²) in [5, 5.41) is 24.0. The van der Waals surface area contributed by atoms with Crippen molar-refractivity contribution < 1.29 is 75.6 Å². The van der Waals surface area contributed by atoms with E-state index in [1.807, 2.05) is 13.8 Å². The number of ether oxygens (including phenoxy) is 5. The zero-order valence-electron chi connectivity index (χ0n) is 30.4. The molecule has 2 heterocycles. The van der Waals surface area contributed by atoms with Gasteiger partial charge in [0.1, 0.15) is 36.5 Å². The molecule has 19 nitrogen and oxygen atoms in total. The van der Waals surface area contributed by atoms with E-state index in [2.05, 4.69) is 10.6 Å². The fourth-order valence-corrected chi connectivity index (χ4v) is 5.67. The van der Waals surface area contributed by atoms with Crippen molar-refractivity contribution in [3.63, 3.8) is 0 Å². The lowest BCUT2D eigenvalue weighted by Gasteiger charge is -2.31. The van der Waals surface area contributed by atoms with E-state index in [-0.39, 0.29) is 70.3 Å². The van der Waals surface area contributed by atoms with Gasteiger partial charge in [0.25, 0.3) is 21.9 Å². The number of hydrogen-bond donors (Lipinski definition) is 5. The van der Waals surface area contributed by atoms with Gasteiger partial charge in [0.05, 0.1) is 19.3 Å². The van der Waals surface area contributed by atoms with Gasteiger partial charge in [-0.15, -0.1) is 0 Å². The standard InChI is InChI=1S/C32H43N3O16S.C2H6/c1-20(36)49-18-21-6-7-23(50-30-16-22(37)15-26(51-30)32(42)43)17-25(21)48-14-13-47-12-10-33-31(41)24(19-52(44,45)46)34-27(38)5-3-2-4-11-35-28(39)8-9-29(35)40;1-2/h6-9,17,22,24,26,30,37H,2-5,10-16,18-19H2,1H3,(H,33,41)(H,34,38)(H,42,43)(H,44,45,46);1-2H3. The molecule has 0 aromatic heterocycles. The Hall–Kier alpha value is -4.63. The number of unbranched alkanes of at least 4 members (excludes halogenated alkanes) is 2. The van der Waals surface area contributed by atoms with Gasteiger partial charge in [-0.1, -0.05) is 20.3 Å². The smallest absolute Gasteiger partial charge is 0.333 e. The van der Waals surface area contributed by atoms with Crippen LogP contribution < -0.4 is 20.1 Å². The maximum Gasteiger partial charge on any atom is 0.333 e. The van der Waals surface area contributed by atoms with Gasteiger partial charge in [-0.05, 0) is 25.0 Å². The van der Waals surface area contributed by atoms with Crippen molar-refractivity contribution in [3.05, 3.63) is 35.9 Å². The van der Waals surface area contributed by atoms with E-state index in [4.69, 9.17) is 23.7 Å². The second-order valence-corrected chi connectivity index (χ2v) is 13.3. The lowest BCUT2D eigenvalue weighted by molar-refractivity contribution is -0.195. The maximum atomic E-state index is 12.6. The Balaban J connectivity index is 0.00000495. The lowest BCUT2D eigenvalue weighted by atomic mass is 10.1. The summed E-state index contributed by atoms with van der Waals surface area (Å²) in [5.41, 5.74) is 0.474. The normalized spacial score (nSPS) is 18.6. The third kappa shape index (κ3) is 17.0. The Morgan fingerprint density at radius 2 is 1.72 bits per heavy atom. The summed E-state index contributed by atoms with van der Waals surface area (Å²) in [6.45, 7) is 5.15. The number of nitrogens with zero attached hydrogens (tertiary/aromatic N) is 1. The number of rotatable bonds is 22. The molecule has 0 saturated carbocycles. The van der Waals surface area contributed by atoms with E-state index in [1.165, 1.54) is 31.2 Å². The maximum absolute atomic E-state index is 12.6. The fourth-order valence-electron chi connectivity index (χ4n) is 5.01. The van der Waals surface area contributed by atoms with E-state index >= 15 is 0 Å². The molecule has 0 bridgehead atoms. The summed E-state index contributed by atoms with van der Waals surface area (Å²) in [4.78, 5) is 72.0. The van der Waals surface area contributed by atoms with E-state index in [9.17, 15) is 52.0 Å². The molecule has 1 aromatic rings. The molecule has 4 atom stereocenters. The first-order chi connectivity index (χ1) is 25.6. The van der Waals surface area contributed by atoms with Gasteiger partial charge in [-0.25, -0.2) is 4.79 Å². The largest absolute Gasteiger partial charge is 0.491 e. The first kappa shape index (κ1) is 45.5. The summed E-state index contributed by atoms with van der Waals surface area (Å²) in [6, 6.07) is 2.99. The quantitative estimate of drug-likeness (QED) is 0.0463. The van der Waals surface area contributed by atoms with Gasteiger partial charge in [-0.3, -0.25) is 33.4 Å². The average molecular weight is 788 g/mol. The van der Waals surface area contributed by atoms with Crippen molar-refractivity contribution in [1.82, 2.24) is 15.5 Å². The summed E-state index contributed by atoms with van der Waals surface area (Å²) < 4.78 is 59.7. The number of carboxylic acid groups (broad SMARTS) is 1. The summed E-state index contributed by atoms with van der Waals surface area (Å²) in [6.07, 6.45) is 0.261. The molecule has 1 aromatic carbocycles. The highest BCUT2D eigenvalue weighted by atomic mass is 32.2. The van der Waals surface area contributed by atoms with Crippen LogP contribution in [0.5, 0.6) is 11.5 Å². The lowest BCUT2D eigenvalue weighted by Crippen LogP contribution is -2.50. The van der Waals surface area contributed by atoms with Crippen LogP contribution in [-0.2, 0) is 59.7 Å². The highest BCUT2D eigenvalue weighted by molar-refractivity contribution is 7.85. The molecule has 2 aliphatic heterocycles. The van der Waals surface area contributed by atoms with Crippen LogP contribution in [0, 0.1) is 0 Å². The van der Waals surface area contributed by atoms with Crippen LogP contribution in [0.15, 0.2) is 30.4 Å².